The Morgan fingerprint density at radius 1 is 1.61 bits per heavy atom. The number of rotatable bonds is 4. The van der Waals surface area contributed by atoms with Crippen LogP contribution in [0.2, 0.25) is 0 Å². The number of alkyl halides is 2. The summed E-state index contributed by atoms with van der Waals surface area (Å²) >= 11 is 0. The van der Waals surface area contributed by atoms with E-state index in [9.17, 15) is 28.1 Å². The van der Waals surface area contributed by atoms with E-state index in [1.165, 1.54) is 0 Å². The minimum absolute atomic E-state index is 0.474. The third kappa shape index (κ3) is 2.73. The van der Waals surface area contributed by atoms with Gasteiger partial charge in [0.2, 0.25) is 5.82 Å². The Labute approximate surface area is 98.5 Å². The lowest BCUT2D eigenvalue weighted by atomic mass is 10.1. The summed E-state index contributed by atoms with van der Waals surface area (Å²) in [6.45, 7) is 0. The second-order valence-corrected chi connectivity index (χ2v) is 3.14. The van der Waals surface area contributed by atoms with Crippen LogP contribution in [0.1, 0.15) is 17.7 Å². The normalized spacial score (nSPS) is 10.5. The predicted octanol–water partition coefficient (Wildman–Crippen LogP) is 1.78. The van der Waals surface area contributed by atoms with Gasteiger partial charge < -0.3 is 4.74 Å². The lowest BCUT2D eigenvalue weighted by molar-refractivity contribution is -0.389. The Morgan fingerprint density at radius 2 is 2.22 bits per heavy atom. The van der Waals surface area contributed by atoms with E-state index in [0.717, 1.165) is 7.11 Å². The third-order valence-corrected chi connectivity index (χ3v) is 2.04. The van der Waals surface area contributed by atoms with Crippen molar-refractivity contribution in [3.63, 3.8) is 0 Å². The average molecular weight is 264 g/mol. The molecule has 0 aliphatic carbocycles. The third-order valence-electron chi connectivity index (χ3n) is 2.04. The molecule has 1 aromatic rings. The van der Waals surface area contributed by atoms with Crippen molar-refractivity contribution in [2.24, 2.45) is 0 Å². The van der Waals surface area contributed by atoms with Crippen LogP contribution < -0.4 is 0 Å². The molecule has 0 spiro atoms. The zero-order valence-electron chi connectivity index (χ0n) is 9.02. The second-order valence-electron chi connectivity index (χ2n) is 3.14. The quantitative estimate of drug-likeness (QED) is 0.470. The highest BCUT2D eigenvalue weighted by Crippen LogP contribution is 2.30. The van der Waals surface area contributed by atoms with Gasteiger partial charge in [0.05, 0.1) is 18.5 Å². The maximum atomic E-state index is 13.6. The van der Waals surface area contributed by atoms with Gasteiger partial charge in [-0.25, -0.2) is 13.8 Å². The van der Waals surface area contributed by atoms with Crippen LogP contribution in [-0.4, -0.2) is 23.0 Å². The highest BCUT2D eigenvalue weighted by molar-refractivity contribution is 5.72. The summed E-state index contributed by atoms with van der Waals surface area (Å²) in [4.78, 5) is 23.2. The standard InChI is InChI=1S/C9H7F3N2O4/c1-18-5(15)2-4-3-13-7(9(11)12)8(6(4)10)14(16)17/h3,9H,2H2,1H3. The first-order chi connectivity index (χ1) is 8.38. The maximum absolute atomic E-state index is 13.6. The Hall–Kier alpha value is -2.19. The van der Waals surface area contributed by atoms with Gasteiger partial charge in [0.25, 0.3) is 6.43 Å². The van der Waals surface area contributed by atoms with E-state index in [0.29, 0.717) is 6.20 Å². The molecule has 0 bridgehead atoms. The summed E-state index contributed by atoms with van der Waals surface area (Å²) in [5.74, 6) is -2.37. The SMILES string of the molecule is COC(=O)Cc1cnc(C(F)F)c([N+](=O)[O-])c1F. The minimum atomic E-state index is -3.29. The molecule has 1 aromatic heterocycles. The van der Waals surface area contributed by atoms with Crippen molar-refractivity contribution >= 4 is 11.7 Å². The summed E-state index contributed by atoms with van der Waals surface area (Å²) in [7, 11) is 1.04. The molecule has 0 saturated heterocycles. The Balaban J connectivity index is 3.30. The number of carbonyl (C=O) groups excluding carboxylic acids is 1. The molecule has 0 aromatic carbocycles. The second kappa shape index (κ2) is 5.43. The van der Waals surface area contributed by atoms with Crippen molar-refractivity contribution < 1.29 is 27.6 Å². The van der Waals surface area contributed by atoms with Crippen LogP contribution in [0.25, 0.3) is 0 Å². The van der Waals surface area contributed by atoms with E-state index in [-0.39, 0.29) is 0 Å². The van der Waals surface area contributed by atoms with Crippen LogP contribution in [0.5, 0.6) is 0 Å². The molecule has 0 aliphatic rings. The van der Waals surface area contributed by atoms with Crippen molar-refractivity contribution in [1.82, 2.24) is 4.98 Å². The molecule has 0 radical (unpaired) electrons. The molecular formula is C9H7F3N2O4. The largest absolute Gasteiger partial charge is 0.469 e. The van der Waals surface area contributed by atoms with Gasteiger partial charge in [0.1, 0.15) is 0 Å². The summed E-state index contributed by atoms with van der Waals surface area (Å²) in [6, 6.07) is 0. The number of aromatic nitrogens is 1. The van der Waals surface area contributed by atoms with E-state index in [1.807, 2.05) is 0 Å². The molecule has 0 aliphatic heterocycles. The molecule has 0 saturated carbocycles. The summed E-state index contributed by atoms with van der Waals surface area (Å²) in [6.07, 6.45) is -3.26. The van der Waals surface area contributed by atoms with Crippen molar-refractivity contribution in [2.45, 2.75) is 12.8 Å². The number of pyridine rings is 1. The average Bonchev–Trinajstić information content (AvgIpc) is 2.30. The first kappa shape index (κ1) is 13.9. The highest BCUT2D eigenvalue weighted by Gasteiger charge is 2.30. The summed E-state index contributed by atoms with van der Waals surface area (Å²) in [5.41, 5.74) is -3.17. The molecule has 1 heterocycles. The van der Waals surface area contributed by atoms with Crippen LogP contribution in [0, 0.1) is 15.9 Å². The number of nitrogens with zero attached hydrogens (tertiary/aromatic N) is 2. The van der Waals surface area contributed by atoms with Gasteiger partial charge >= 0.3 is 11.7 Å². The van der Waals surface area contributed by atoms with Crippen LogP contribution in [0.3, 0.4) is 0 Å². The van der Waals surface area contributed by atoms with Gasteiger partial charge in [-0.3, -0.25) is 14.9 Å². The fourth-order valence-electron chi connectivity index (χ4n) is 1.21. The number of hydrogen-bond donors (Lipinski definition) is 0. The number of esters is 1. The predicted molar refractivity (Wildman–Crippen MR) is 51.5 cm³/mol. The van der Waals surface area contributed by atoms with Crippen LogP contribution in [0.15, 0.2) is 6.20 Å². The van der Waals surface area contributed by atoms with Crippen molar-refractivity contribution in [3.8, 4) is 0 Å². The summed E-state index contributed by atoms with van der Waals surface area (Å²) in [5, 5.41) is 10.5. The Kier molecular flexibility index (Phi) is 4.18. The molecule has 0 amide bonds. The number of methoxy groups -OCH3 is 1. The minimum Gasteiger partial charge on any atom is -0.469 e. The molecule has 98 valence electrons. The molecule has 1 rings (SSSR count). The van der Waals surface area contributed by atoms with Crippen LogP contribution in [0.4, 0.5) is 18.9 Å². The van der Waals surface area contributed by atoms with Crippen molar-refractivity contribution in [3.05, 3.63) is 33.4 Å². The fourth-order valence-corrected chi connectivity index (χ4v) is 1.21. The Morgan fingerprint density at radius 3 is 2.67 bits per heavy atom. The molecule has 0 unspecified atom stereocenters. The number of nitro groups is 1. The first-order valence-electron chi connectivity index (χ1n) is 4.55. The van der Waals surface area contributed by atoms with E-state index < -0.39 is 46.5 Å². The molecule has 6 nitrogen and oxygen atoms in total. The molecule has 0 atom stereocenters. The van der Waals surface area contributed by atoms with Crippen LogP contribution >= 0.6 is 0 Å². The topological polar surface area (TPSA) is 82.3 Å². The number of ether oxygens (including phenoxy) is 1. The number of halogens is 3. The van der Waals surface area contributed by atoms with Gasteiger partial charge in [-0.05, 0) is 0 Å². The van der Waals surface area contributed by atoms with E-state index in [2.05, 4.69) is 9.72 Å². The van der Waals surface area contributed by atoms with Gasteiger partial charge in [-0.15, -0.1) is 0 Å². The lowest BCUT2D eigenvalue weighted by Crippen LogP contribution is -2.10. The number of hydrogen-bond acceptors (Lipinski definition) is 5. The maximum Gasteiger partial charge on any atom is 0.332 e. The molecule has 18 heavy (non-hydrogen) atoms. The molecular weight excluding hydrogens is 257 g/mol. The Bertz CT molecular complexity index is 493. The fraction of sp³-hybridized carbons (Fsp3) is 0.333. The van der Waals surface area contributed by atoms with Gasteiger partial charge in [-0.2, -0.15) is 4.39 Å². The monoisotopic (exact) mass is 264 g/mol. The first-order valence-corrected chi connectivity index (χ1v) is 4.55. The zero-order chi connectivity index (χ0) is 13.9. The molecule has 0 fully saturated rings. The number of carbonyl (C=O) groups is 1. The van der Waals surface area contributed by atoms with Crippen molar-refractivity contribution in [1.29, 1.82) is 0 Å². The van der Waals surface area contributed by atoms with Gasteiger partial charge in [0, 0.05) is 11.8 Å². The smallest absolute Gasteiger partial charge is 0.332 e. The summed E-state index contributed by atoms with van der Waals surface area (Å²) < 4.78 is 42.7. The zero-order valence-corrected chi connectivity index (χ0v) is 9.02. The van der Waals surface area contributed by atoms with Gasteiger partial charge in [0.15, 0.2) is 5.69 Å². The molecule has 9 heteroatoms. The van der Waals surface area contributed by atoms with Crippen molar-refractivity contribution in [2.75, 3.05) is 7.11 Å². The van der Waals surface area contributed by atoms with E-state index >= 15 is 0 Å². The van der Waals surface area contributed by atoms with E-state index in [1.54, 1.807) is 0 Å². The molecule has 0 N–H and O–H groups in total. The van der Waals surface area contributed by atoms with Gasteiger partial charge in [-0.1, -0.05) is 0 Å². The van der Waals surface area contributed by atoms with Crippen LogP contribution in [-0.2, 0) is 16.0 Å². The lowest BCUT2D eigenvalue weighted by Gasteiger charge is -2.05. The highest BCUT2D eigenvalue weighted by atomic mass is 19.3. The van der Waals surface area contributed by atoms with E-state index in [4.69, 9.17) is 0 Å².